The Balaban J connectivity index is 1.98. The Morgan fingerprint density at radius 2 is 1.37 bits per heavy atom. The normalized spacial score (nSPS) is 11.2. The number of methoxy groups -OCH3 is 2. The van der Waals surface area contributed by atoms with Crippen molar-refractivity contribution in [1.82, 2.24) is 5.32 Å². The maximum atomic E-state index is 12.9. The lowest BCUT2D eigenvalue weighted by Gasteiger charge is -2.18. The van der Waals surface area contributed by atoms with E-state index in [4.69, 9.17) is 9.47 Å². The van der Waals surface area contributed by atoms with Gasteiger partial charge in [0.25, 0.3) is 0 Å². The Kier molecular flexibility index (Phi) is 12.7. The average molecular weight is 526 g/mol. The zero-order chi connectivity index (χ0) is 27.9. The molecular formula is C29H35NO8. The molecule has 1 unspecified atom stereocenters. The summed E-state index contributed by atoms with van der Waals surface area (Å²) in [5, 5.41) is 2.80. The maximum Gasteiger partial charge on any atom is 0.311 e. The Morgan fingerprint density at radius 1 is 0.737 bits per heavy atom. The first-order valence-electron chi connectivity index (χ1n) is 12.5. The van der Waals surface area contributed by atoms with Gasteiger partial charge < -0.3 is 24.3 Å². The van der Waals surface area contributed by atoms with E-state index in [-0.39, 0.29) is 49.6 Å². The molecule has 0 bridgehead atoms. The third-order valence-electron chi connectivity index (χ3n) is 5.83. The summed E-state index contributed by atoms with van der Waals surface area (Å²) in [4.78, 5) is 60.0. The number of carbonyl (C=O) groups excluding carboxylic acids is 5. The summed E-state index contributed by atoms with van der Waals surface area (Å²) in [5.41, 5.74) is 1.70. The fourth-order valence-corrected chi connectivity index (χ4v) is 3.66. The highest BCUT2D eigenvalue weighted by atomic mass is 16.5. The first-order chi connectivity index (χ1) is 18.2. The number of hydrogen-bond donors (Lipinski definition) is 1. The minimum Gasteiger partial charge on any atom is -0.497 e. The van der Waals surface area contributed by atoms with Gasteiger partial charge in [0, 0.05) is 25.7 Å². The van der Waals surface area contributed by atoms with Crippen LogP contribution in [-0.2, 0) is 41.6 Å². The van der Waals surface area contributed by atoms with Gasteiger partial charge in [-0.15, -0.1) is 0 Å². The second-order valence-corrected chi connectivity index (χ2v) is 8.89. The Labute approximate surface area is 222 Å². The minimum absolute atomic E-state index is 0.0191. The lowest BCUT2D eigenvalue weighted by molar-refractivity contribution is -0.142. The number of ketones is 2. The number of ether oxygens (including phenoxy) is 3. The highest BCUT2D eigenvalue weighted by Crippen LogP contribution is 2.16. The van der Waals surface area contributed by atoms with E-state index in [9.17, 15) is 24.0 Å². The van der Waals surface area contributed by atoms with Gasteiger partial charge in [0.05, 0.1) is 26.7 Å². The van der Waals surface area contributed by atoms with Gasteiger partial charge in [0.15, 0.2) is 5.78 Å². The summed E-state index contributed by atoms with van der Waals surface area (Å²) in [6.45, 7) is 1.47. The van der Waals surface area contributed by atoms with Crippen LogP contribution in [0, 0.1) is 0 Å². The number of esters is 2. The lowest BCUT2D eigenvalue weighted by atomic mass is 9.99. The number of rotatable bonds is 16. The van der Waals surface area contributed by atoms with Crippen LogP contribution in [-0.4, -0.2) is 49.7 Å². The van der Waals surface area contributed by atoms with Gasteiger partial charge in [-0.1, -0.05) is 24.3 Å². The van der Waals surface area contributed by atoms with Gasteiger partial charge in [0.1, 0.15) is 17.3 Å². The van der Waals surface area contributed by atoms with Crippen LogP contribution in [0.3, 0.4) is 0 Å². The number of benzene rings is 2. The Morgan fingerprint density at radius 3 is 1.97 bits per heavy atom. The van der Waals surface area contributed by atoms with Gasteiger partial charge in [-0.2, -0.15) is 0 Å². The molecule has 9 heteroatoms. The zero-order valence-electron chi connectivity index (χ0n) is 22.1. The smallest absolute Gasteiger partial charge is 0.311 e. The van der Waals surface area contributed by atoms with Crippen molar-refractivity contribution in [2.24, 2.45) is 0 Å². The number of nitrogens with one attached hydrogen (secondary N) is 1. The van der Waals surface area contributed by atoms with Crippen LogP contribution in [0.15, 0.2) is 48.5 Å². The van der Waals surface area contributed by atoms with E-state index >= 15 is 0 Å². The second-order valence-electron chi connectivity index (χ2n) is 8.89. The quantitative estimate of drug-likeness (QED) is 0.261. The molecule has 0 spiro atoms. The predicted molar refractivity (Wildman–Crippen MR) is 140 cm³/mol. The van der Waals surface area contributed by atoms with E-state index in [1.54, 1.807) is 31.4 Å². The molecule has 1 atom stereocenters. The van der Waals surface area contributed by atoms with Crippen LogP contribution in [0.4, 0.5) is 0 Å². The second kappa shape index (κ2) is 16.0. The summed E-state index contributed by atoms with van der Waals surface area (Å²) in [6.07, 6.45) is 1.64. The van der Waals surface area contributed by atoms with E-state index < -0.39 is 18.0 Å². The van der Waals surface area contributed by atoms with Crippen LogP contribution in [0.5, 0.6) is 11.5 Å². The van der Waals surface area contributed by atoms with Crippen molar-refractivity contribution in [3.05, 3.63) is 59.7 Å². The fourth-order valence-electron chi connectivity index (χ4n) is 3.66. The molecule has 0 aromatic heterocycles. The van der Waals surface area contributed by atoms with E-state index in [1.807, 2.05) is 24.3 Å². The summed E-state index contributed by atoms with van der Waals surface area (Å²) in [6, 6.07) is 13.2. The van der Waals surface area contributed by atoms with E-state index in [0.29, 0.717) is 25.0 Å². The van der Waals surface area contributed by atoms with Crippen LogP contribution >= 0.6 is 0 Å². The summed E-state index contributed by atoms with van der Waals surface area (Å²) in [7, 11) is 2.83. The summed E-state index contributed by atoms with van der Waals surface area (Å²) >= 11 is 0. The highest BCUT2D eigenvalue weighted by molar-refractivity contribution is 5.91. The molecule has 0 aliphatic heterocycles. The molecule has 2 rings (SSSR count). The van der Waals surface area contributed by atoms with Gasteiger partial charge in [-0.3, -0.25) is 19.2 Å². The fraction of sp³-hybridized carbons (Fsp3) is 0.414. The van der Waals surface area contributed by atoms with E-state index in [1.165, 1.54) is 14.0 Å². The molecule has 2 aromatic rings. The first kappa shape index (κ1) is 30.2. The molecule has 0 fully saturated rings. The van der Waals surface area contributed by atoms with Gasteiger partial charge >= 0.3 is 11.9 Å². The molecule has 0 heterocycles. The highest BCUT2D eigenvalue weighted by Gasteiger charge is 2.22. The molecule has 2 aromatic carbocycles. The van der Waals surface area contributed by atoms with Crippen LogP contribution in [0.25, 0.3) is 0 Å². The largest absolute Gasteiger partial charge is 0.497 e. The molecule has 0 aliphatic rings. The van der Waals surface area contributed by atoms with Crippen LogP contribution < -0.4 is 14.8 Å². The molecule has 1 N–H and O–H groups in total. The molecule has 0 saturated carbocycles. The van der Waals surface area contributed by atoms with E-state index in [0.717, 1.165) is 16.9 Å². The SMILES string of the molecule is COC(=O)CCC(=O)C(Cc1ccc(OC(=O)CCCC(C)=O)cc1)NC(=O)CCc1ccc(OC)cc1. The van der Waals surface area contributed by atoms with Crippen molar-refractivity contribution in [3.63, 3.8) is 0 Å². The van der Waals surface area contributed by atoms with Crippen molar-refractivity contribution in [2.75, 3.05) is 14.2 Å². The number of aryl methyl sites for hydroxylation is 1. The molecule has 204 valence electrons. The minimum atomic E-state index is -0.831. The molecular weight excluding hydrogens is 490 g/mol. The van der Waals surface area contributed by atoms with Gasteiger partial charge in [0.2, 0.25) is 5.91 Å². The van der Waals surface area contributed by atoms with Crippen molar-refractivity contribution in [2.45, 2.75) is 64.3 Å². The van der Waals surface area contributed by atoms with Crippen molar-refractivity contribution < 1.29 is 38.2 Å². The lowest BCUT2D eigenvalue weighted by Crippen LogP contribution is -2.42. The molecule has 0 aliphatic carbocycles. The molecule has 1 amide bonds. The van der Waals surface area contributed by atoms with Crippen LogP contribution in [0.2, 0.25) is 0 Å². The number of Topliss-reactive ketones (excluding diaryl/α,β-unsaturated/α-hetero) is 2. The summed E-state index contributed by atoms with van der Waals surface area (Å²) in [5.74, 6) is -0.411. The predicted octanol–water partition coefficient (Wildman–Crippen LogP) is 3.54. The van der Waals surface area contributed by atoms with Crippen molar-refractivity contribution >= 4 is 29.4 Å². The monoisotopic (exact) mass is 525 g/mol. The van der Waals surface area contributed by atoms with Crippen LogP contribution in [0.1, 0.15) is 56.6 Å². The molecule has 9 nitrogen and oxygen atoms in total. The number of hydrogen-bond acceptors (Lipinski definition) is 8. The number of carbonyl (C=O) groups is 5. The summed E-state index contributed by atoms with van der Waals surface area (Å²) < 4.78 is 15.0. The Bertz CT molecular complexity index is 1090. The molecule has 0 saturated heterocycles. The zero-order valence-corrected chi connectivity index (χ0v) is 22.1. The topological polar surface area (TPSA) is 125 Å². The van der Waals surface area contributed by atoms with Gasteiger partial charge in [-0.05, 0) is 61.6 Å². The van der Waals surface area contributed by atoms with Gasteiger partial charge in [-0.25, -0.2) is 0 Å². The number of amides is 1. The third kappa shape index (κ3) is 11.4. The standard InChI is InChI=1S/C29H35NO8/c1-20(31)5-4-6-29(35)38-24-14-9-22(10-15-24)19-25(26(32)16-18-28(34)37-3)30-27(33)17-11-21-7-12-23(36-2)13-8-21/h7-10,12-15,25H,4-6,11,16-19H2,1-3H3,(H,30,33). The van der Waals surface area contributed by atoms with Crippen molar-refractivity contribution in [3.8, 4) is 11.5 Å². The van der Waals surface area contributed by atoms with Crippen molar-refractivity contribution in [1.29, 1.82) is 0 Å². The Hall–Kier alpha value is -4.01. The molecule has 38 heavy (non-hydrogen) atoms. The first-order valence-corrected chi connectivity index (χ1v) is 12.5. The molecule has 0 radical (unpaired) electrons. The average Bonchev–Trinajstić information content (AvgIpc) is 2.91. The third-order valence-corrected chi connectivity index (χ3v) is 5.83. The maximum absolute atomic E-state index is 12.9. The van der Waals surface area contributed by atoms with E-state index in [2.05, 4.69) is 10.1 Å².